The number of thiophene rings is 1. The Labute approximate surface area is 113 Å². The predicted octanol–water partition coefficient (Wildman–Crippen LogP) is 3.45. The standard InChI is InChI=1S/C14H21N3S/c1-4-12-5-6-13(18-12)14-11(9-16-17-14)8-15-7-10(2)3/h5-6,9-10,15H,4,7-8H2,1-3H3,(H,16,17). The molecule has 2 aromatic heterocycles. The Hall–Kier alpha value is -1.13. The molecule has 0 aromatic carbocycles. The van der Waals surface area contributed by atoms with Crippen LogP contribution in [0, 0.1) is 5.92 Å². The fourth-order valence-electron chi connectivity index (χ4n) is 1.86. The van der Waals surface area contributed by atoms with Crippen molar-refractivity contribution in [2.75, 3.05) is 6.54 Å². The van der Waals surface area contributed by atoms with Gasteiger partial charge in [-0.25, -0.2) is 0 Å². The zero-order valence-electron chi connectivity index (χ0n) is 11.3. The summed E-state index contributed by atoms with van der Waals surface area (Å²) in [6.07, 6.45) is 3.02. The summed E-state index contributed by atoms with van der Waals surface area (Å²) in [7, 11) is 0. The Bertz CT molecular complexity index is 485. The van der Waals surface area contributed by atoms with Gasteiger partial charge in [0.05, 0.1) is 16.8 Å². The minimum atomic E-state index is 0.675. The van der Waals surface area contributed by atoms with E-state index in [2.05, 4.69) is 48.4 Å². The Morgan fingerprint density at radius 1 is 1.39 bits per heavy atom. The number of hydrogen-bond donors (Lipinski definition) is 2. The van der Waals surface area contributed by atoms with E-state index in [4.69, 9.17) is 0 Å². The molecule has 3 nitrogen and oxygen atoms in total. The third-order valence-corrected chi connectivity index (χ3v) is 4.09. The number of aromatic amines is 1. The highest BCUT2D eigenvalue weighted by Crippen LogP contribution is 2.29. The van der Waals surface area contributed by atoms with Gasteiger partial charge < -0.3 is 5.32 Å². The van der Waals surface area contributed by atoms with Crippen LogP contribution in [-0.2, 0) is 13.0 Å². The first-order valence-electron chi connectivity index (χ1n) is 6.52. The molecule has 0 spiro atoms. The van der Waals surface area contributed by atoms with Crippen LogP contribution in [0.25, 0.3) is 10.6 Å². The molecule has 4 heteroatoms. The highest BCUT2D eigenvalue weighted by molar-refractivity contribution is 7.15. The number of H-pyrrole nitrogens is 1. The largest absolute Gasteiger partial charge is 0.312 e. The van der Waals surface area contributed by atoms with Crippen molar-refractivity contribution in [3.05, 3.63) is 28.8 Å². The average molecular weight is 263 g/mol. The van der Waals surface area contributed by atoms with Crippen LogP contribution in [-0.4, -0.2) is 16.7 Å². The Balaban J connectivity index is 2.07. The Kier molecular flexibility index (Phi) is 4.55. The molecule has 2 aromatic rings. The first-order valence-corrected chi connectivity index (χ1v) is 7.34. The molecule has 2 N–H and O–H groups in total. The maximum Gasteiger partial charge on any atom is 0.0794 e. The molecule has 0 saturated heterocycles. The van der Waals surface area contributed by atoms with Crippen molar-refractivity contribution in [2.24, 2.45) is 5.92 Å². The van der Waals surface area contributed by atoms with E-state index in [-0.39, 0.29) is 0 Å². The molecule has 0 saturated carbocycles. The minimum Gasteiger partial charge on any atom is -0.312 e. The number of rotatable bonds is 6. The molecule has 0 aliphatic carbocycles. The first kappa shape index (κ1) is 13.3. The quantitative estimate of drug-likeness (QED) is 0.838. The summed E-state index contributed by atoms with van der Waals surface area (Å²) in [6, 6.07) is 4.38. The third-order valence-electron chi connectivity index (χ3n) is 2.84. The summed E-state index contributed by atoms with van der Waals surface area (Å²) in [4.78, 5) is 2.70. The van der Waals surface area contributed by atoms with Gasteiger partial charge in [-0.1, -0.05) is 20.8 Å². The van der Waals surface area contributed by atoms with Crippen molar-refractivity contribution in [2.45, 2.75) is 33.7 Å². The van der Waals surface area contributed by atoms with Gasteiger partial charge in [0, 0.05) is 17.0 Å². The molecule has 18 heavy (non-hydrogen) atoms. The highest BCUT2D eigenvalue weighted by Gasteiger charge is 2.09. The molecule has 0 amide bonds. The molecule has 0 bridgehead atoms. The topological polar surface area (TPSA) is 40.7 Å². The van der Waals surface area contributed by atoms with Gasteiger partial charge in [0.2, 0.25) is 0 Å². The summed E-state index contributed by atoms with van der Waals surface area (Å²) in [6.45, 7) is 8.54. The van der Waals surface area contributed by atoms with Crippen molar-refractivity contribution in [3.8, 4) is 10.6 Å². The molecule has 98 valence electrons. The fraction of sp³-hybridized carbons (Fsp3) is 0.500. The summed E-state index contributed by atoms with van der Waals surface area (Å²) in [5.74, 6) is 0.675. The molecule has 0 radical (unpaired) electrons. The number of hydrogen-bond acceptors (Lipinski definition) is 3. The van der Waals surface area contributed by atoms with Gasteiger partial charge in [-0.15, -0.1) is 11.3 Å². The molecule has 0 aliphatic heterocycles. The van der Waals surface area contributed by atoms with Crippen LogP contribution in [0.5, 0.6) is 0 Å². The molecule has 0 fully saturated rings. The van der Waals surface area contributed by atoms with Crippen molar-refractivity contribution in [3.63, 3.8) is 0 Å². The van der Waals surface area contributed by atoms with Crippen LogP contribution in [0.1, 0.15) is 31.2 Å². The Morgan fingerprint density at radius 2 is 2.22 bits per heavy atom. The molecule has 0 aliphatic rings. The molecular formula is C14H21N3S. The lowest BCUT2D eigenvalue weighted by molar-refractivity contribution is 0.553. The zero-order valence-corrected chi connectivity index (χ0v) is 12.1. The fourth-order valence-corrected chi connectivity index (χ4v) is 2.83. The minimum absolute atomic E-state index is 0.675. The lowest BCUT2D eigenvalue weighted by Gasteiger charge is -2.06. The van der Waals surface area contributed by atoms with Crippen LogP contribution in [0.15, 0.2) is 18.3 Å². The second-order valence-electron chi connectivity index (χ2n) is 4.91. The van der Waals surface area contributed by atoms with E-state index in [1.54, 1.807) is 0 Å². The van der Waals surface area contributed by atoms with E-state index >= 15 is 0 Å². The van der Waals surface area contributed by atoms with Crippen LogP contribution in [0.3, 0.4) is 0 Å². The van der Waals surface area contributed by atoms with E-state index in [9.17, 15) is 0 Å². The van der Waals surface area contributed by atoms with Crippen LogP contribution in [0.2, 0.25) is 0 Å². The van der Waals surface area contributed by atoms with E-state index in [0.717, 1.165) is 25.2 Å². The summed E-state index contributed by atoms with van der Waals surface area (Å²) < 4.78 is 0. The molecule has 0 unspecified atom stereocenters. The normalized spacial score (nSPS) is 11.3. The summed E-state index contributed by atoms with van der Waals surface area (Å²) in [5.41, 5.74) is 2.41. The predicted molar refractivity (Wildman–Crippen MR) is 77.8 cm³/mol. The second kappa shape index (κ2) is 6.16. The third kappa shape index (κ3) is 3.21. The smallest absolute Gasteiger partial charge is 0.0794 e. The van der Waals surface area contributed by atoms with Gasteiger partial charge in [0.1, 0.15) is 0 Å². The van der Waals surface area contributed by atoms with E-state index in [0.29, 0.717) is 5.92 Å². The second-order valence-corrected chi connectivity index (χ2v) is 6.08. The number of aromatic nitrogens is 2. The van der Waals surface area contributed by atoms with E-state index < -0.39 is 0 Å². The van der Waals surface area contributed by atoms with Crippen molar-refractivity contribution in [1.29, 1.82) is 0 Å². The lowest BCUT2D eigenvalue weighted by Crippen LogP contribution is -2.18. The van der Waals surface area contributed by atoms with Gasteiger partial charge in [-0.05, 0) is 31.0 Å². The van der Waals surface area contributed by atoms with Crippen LogP contribution >= 0.6 is 11.3 Å². The number of aryl methyl sites for hydroxylation is 1. The zero-order chi connectivity index (χ0) is 13.0. The number of nitrogens with zero attached hydrogens (tertiary/aromatic N) is 1. The van der Waals surface area contributed by atoms with Crippen LogP contribution < -0.4 is 5.32 Å². The summed E-state index contributed by atoms with van der Waals surface area (Å²) in [5, 5.41) is 10.8. The van der Waals surface area contributed by atoms with Crippen molar-refractivity contribution < 1.29 is 0 Å². The van der Waals surface area contributed by atoms with Crippen molar-refractivity contribution in [1.82, 2.24) is 15.5 Å². The van der Waals surface area contributed by atoms with Gasteiger partial charge in [0.25, 0.3) is 0 Å². The van der Waals surface area contributed by atoms with E-state index in [1.807, 2.05) is 17.5 Å². The van der Waals surface area contributed by atoms with Crippen molar-refractivity contribution >= 4 is 11.3 Å². The SMILES string of the molecule is CCc1ccc(-c2[nH]ncc2CNCC(C)C)s1. The number of nitrogens with one attached hydrogen (secondary N) is 2. The maximum absolute atomic E-state index is 4.17. The first-order chi connectivity index (χ1) is 8.70. The van der Waals surface area contributed by atoms with Gasteiger partial charge in [0.15, 0.2) is 0 Å². The molecule has 2 heterocycles. The Morgan fingerprint density at radius 3 is 2.89 bits per heavy atom. The lowest BCUT2D eigenvalue weighted by atomic mass is 10.2. The molecular weight excluding hydrogens is 242 g/mol. The monoisotopic (exact) mass is 263 g/mol. The maximum atomic E-state index is 4.17. The van der Waals surface area contributed by atoms with E-state index in [1.165, 1.54) is 15.3 Å². The van der Waals surface area contributed by atoms with Crippen LogP contribution in [0.4, 0.5) is 0 Å². The van der Waals surface area contributed by atoms with Gasteiger partial charge >= 0.3 is 0 Å². The van der Waals surface area contributed by atoms with Gasteiger partial charge in [-0.2, -0.15) is 5.10 Å². The average Bonchev–Trinajstić information content (AvgIpc) is 2.95. The highest BCUT2D eigenvalue weighted by atomic mass is 32.1. The van der Waals surface area contributed by atoms with Gasteiger partial charge in [-0.3, -0.25) is 5.10 Å². The molecule has 0 atom stereocenters. The molecule has 2 rings (SSSR count). The summed E-state index contributed by atoms with van der Waals surface area (Å²) >= 11 is 1.85.